The van der Waals surface area contributed by atoms with E-state index in [1.165, 1.54) is 0 Å². The normalized spacial score (nSPS) is 10.9. The van der Waals surface area contributed by atoms with Crippen LogP contribution in [0.25, 0.3) is 0 Å². The van der Waals surface area contributed by atoms with E-state index >= 15 is 0 Å². The number of carbonyl (C=O) groups excluding carboxylic acids is 1. The second-order valence-corrected chi connectivity index (χ2v) is 6.45. The molecule has 1 amide bonds. The summed E-state index contributed by atoms with van der Waals surface area (Å²) in [6.45, 7) is 2.33. The van der Waals surface area contributed by atoms with Gasteiger partial charge in [0.05, 0.1) is 12.4 Å². The van der Waals surface area contributed by atoms with Gasteiger partial charge in [0.1, 0.15) is 12.4 Å². The van der Waals surface area contributed by atoms with Gasteiger partial charge in [0, 0.05) is 29.4 Å². The largest absolute Gasteiger partial charge is 0.489 e. The van der Waals surface area contributed by atoms with Gasteiger partial charge in [0.15, 0.2) is 0 Å². The van der Waals surface area contributed by atoms with E-state index in [0.717, 1.165) is 22.4 Å². The lowest BCUT2D eigenvalue weighted by Crippen LogP contribution is -2.17. The minimum atomic E-state index is -0.282. The van der Waals surface area contributed by atoms with Crippen molar-refractivity contribution >= 4 is 23.7 Å². The van der Waals surface area contributed by atoms with Crippen molar-refractivity contribution in [2.24, 2.45) is 12.1 Å². The number of carbonyl (C=O) groups is 1. The molecule has 7 heteroatoms. The summed E-state index contributed by atoms with van der Waals surface area (Å²) >= 11 is 6.01. The first kappa shape index (κ1) is 18.7. The van der Waals surface area contributed by atoms with E-state index in [1.807, 2.05) is 44.3 Å². The molecule has 0 saturated carbocycles. The van der Waals surface area contributed by atoms with Crippen molar-refractivity contribution in [3.05, 3.63) is 82.1 Å². The second-order valence-electron chi connectivity index (χ2n) is 6.04. The fraction of sp³-hybridized carbons (Fsp3) is 0.150. The summed E-state index contributed by atoms with van der Waals surface area (Å²) in [6.07, 6.45) is 5.00. The molecule has 0 radical (unpaired) electrons. The molecule has 0 fully saturated rings. The number of ether oxygens (including phenoxy) is 1. The predicted octanol–water partition coefficient (Wildman–Crippen LogP) is 3.72. The van der Waals surface area contributed by atoms with Gasteiger partial charge in [-0.15, -0.1) is 0 Å². The monoisotopic (exact) mass is 382 g/mol. The van der Waals surface area contributed by atoms with Gasteiger partial charge in [-0.25, -0.2) is 5.43 Å². The zero-order valence-electron chi connectivity index (χ0n) is 15.0. The summed E-state index contributed by atoms with van der Waals surface area (Å²) in [5.74, 6) is 0.472. The fourth-order valence-electron chi connectivity index (χ4n) is 2.36. The molecule has 6 nitrogen and oxygen atoms in total. The van der Waals surface area contributed by atoms with E-state index in [9.17, 15) is 4.79 Å². The van der Waals surface area contributed by atoms with E-state index in [-0.39, 0.29) is 5.91 Å². The van der Waals surface area contributed by atoms with Crippen LogP contribution in [0.2, 0.25) is 5.02 Å². The average molecular weight is 383 g/mol. The highest BCUT2D eigenvalue weighted by atomic mass is 35.5. The van der Waals surface area contributed by atoms with Gasteiger partial charge in [-0.1, -0.05) is 23.7 Å². The SMILES string of the molecule is Cc1cc(OCc2ccc(C(=O)N/N=C/c3cnn(C)c3)cc2)ccc1Cl. The molecule has 0 bridgehead atoms. The molecule has 1 N–H and O–H groups in total. The number of nitrogens with zero attached hydrogens (tertiary/aromatic N) is 3. The maximum atomic E-state index is 12.1. The molecule has 27 heavy (non-hydrogen) atoms. The second kappa shape index (κ2) is 8.51. The van der Waals surface area contributed by atoms with Crippen LogP contribution < -0.4 is 10.2 Å². The van der Waals surface area contributed by atoms with Crippen molar-refractivity contribution in [1.82, 2.24) is 15.2 Å². The van der Waals surface area contributed by atoms with E-state index < -0.39 is 0 Å². The maximum Gasteiger partial charge on any atom is 0.271 e. The zero-order chi connectivity index (χ0) is 19.2. The minimum absolute atomic E-state index is 0.282. The van der Waals surface area contributed by atoms with E-state index in [4.69, 9.17) is 16.3 Å². The van der Waals surface area contributed by atoms with Crippen molar-refractivity contribution in [3.8, 4) is 5.75 Å². The zero-order valence-corrected chi connectivity index (χ0v) is 15.8. The van der Waals surface area contributed by atoms with Crippen LogP contribution in [-0.2, 0) is 13.7 Å². The molecule has 0 unspecified atom stereocenters. The number of halogens is 1. The molecule has 3 rings (SSSR count). The average Bonchev–Trinajstić information content (AvgIpc) is 3.08. The van der Waals surface area contributed by atoms with Crippen LogP contribution in [0.3, 0.4) is 0 Å². The van der Waals surface area contributed by atoms with Gasteiger partial charge in [-0.3, -0.25) is 9.48 Å². The van der Waals surface area contributed by atoms with Crippen LogP contribution in [0, 0.1) is 6.92 Å². The van der Waals surface area contributed by atoms with Crippen molar-refractivity contribution < 1.29 is 9.53 Å². The number of benzene rings is 2. The van der Waals surface area contributed by atoms with Crippen LogP contribution >= 0.6 is 11.6 Å². The minimum Gasteiger partial charge on any atom is -0.489 e. The molecular formula is C20H19ClN4O2. The lowest BCUT2D eigenvalue weighted by molar-refractivity contribution is 0.0955. The summed E-state index contributed by atoms with van der Waals surface area (Å²) < 4.78 is 7.42. The Morgan fingerprint density at radius 1 is 1.30 bits per heavy atom. The van der Waals surface area contributed by atoms with E-state index in [2.05, 4.69) is 15.6 Å². The molecule has 2 aromatic carbocycles. The number of aromatic nitrogens is 2. The summed E-state index contributed by atoms with van der Waals surface area (Å²) in [6, 6.07) is 12.7. The topological polar surface area (TPSA) is 68.5 Å². The highest BCUT2D eigenvalue weighted by Crippen LogP contribution is 2.21. The summed E-state index contributed by atoms with van der Waals surface area (Å²) in [4.78, 5) is 12.1. The molecule has 3 aromatic rings. The lowest BCUT2D eigenvalue weighted by atomic mass is 10.1. The molecule has 0 spiro atoms. The van der Waals surface area contributed by atoms with Crippen molar-refractivity contribution in [2.45, 2.75) is 13.5 Å². The van der Waals surface area contributed by atoms with Crippen molar-refractivity contribution in [1.29, 1.82) is 0 Å². The molecule has 0 atom stereocenters. The Morgan fingerprint density at radius 3 is 2.74 bits per heavy atom. The standard InChI is InChI=1S/C20H19ClN4O2/c1-14-9-18(7-8-19(14)21)27-13-15-3-5-17(6-4-15)20(26)24-22-10-16-11-23-25(2)12-16/h3-12H,13H2,1-2H3,(H,24,26)/b22-10+. The Balaban J connectivity index is 1.53. The van der Waals surface area contributed by atoms with E-state index in [1.54, 1.807) is 35.4 Å². The summed E-state index contributed by atoms with van der Waals surface area (Å²) in [7, 11) is 1.81. The number of aryl methyl sites for hydroxylation is 2. The molecular weight excluding hydrogens is 364 g/mol. The van der Waals surface area contributed by atoms with E-state index in [0.29, 0.717) is 17.2 Å². The van der Waals surface area contributed by atoms with Gasteiger partial charge in [0.2, 0.25) is 0 Å². The molecule has 138 valence electrons. The Labute approximate surface area is 162 Å². The summed E-state index contributed by atoms with van der Waals surface area (Å²) in [5.41, 5.74) is 5.74. The van der Waals surface area contributed by atoms with Gasteiger partial charge in [-0.2, -0.15) is 10.2 Å². The third-order valence-corrected chi connectivity index (χ3v) is 4.28. The lowest BCUT2D eigenvalue weighted by Gasteiger charge is -2.08. The molecule has 1 heterocycles. The first-order chi connectivity index (χ1) is 13.0. The number of rotatable bonds is 6. The first-order valence-corrected chi connectivity index (χ1v) is 8.69. The van der Waals surface area contributed by atoms with Gasteiger partial charge < -0.3 is 4.74 Å². The van der Waals surface area contributed by atoms with Crippen LogP contribution in [-0.4, -0.2) is 21.9 Å². The fourth-order valence-corrected chi connectivity index (χ4v) is 2.48. The van der Waals surface area contributed by atoms with Crippen LogP contribution in [0.4, 0.5) is 0 Å². The quantitative estimate of drug-likeness (QED) is 0.521. The third-order valence-electron chi connectivity index (χ3n) is 3.86. The first-order valence-electron chi connectivity index (χ1n) is 8.31. The smallest absolute Gasteiger partial charge is 0.271 e. The number of amides is 1. The van der Waals surface area contributed by atoms with Crippen LogP contribution in [0.1, 0.15) is 27.0 Å². The Hall–Kier alpha value is -3.12. The van der Waals surface area contributed by atoms with Gasteiger partial charge in [-0.05, 0) is 48.4 Å². The van der Waals surface area contributed by atoms with Crippen molar-refractivity contribution in [3.63, 3.8) is 0 Å². The van der Waals surface area contributed by atoms with Gasteiger partial charge in [0.25, 0.3) is 5.91 Å². The van der Waals surface area contributed by atoms with Crippen molar-refractivity contribution in [2.75, 3.05) is 0 Å². The Morgan fingerprint density at radius 2 is 2.07 bits per heavy atom. The highest BCUT2D eigenvalue weighted by Gasteiger charge is 2.05. The molecule has 0 aliphatic rings. The molecule has 0 saturated heterocycles. The maximum absolute atomic E-state index is 12.1. The Bertz CT molecular complexity index is 964. The molecule has 1 aromatic heterocycles. The summed E-state index contributed by atoms with van der Waals surface area (Å²) in [5, 5.41) is 8.67. The van der Waals surface area contributed by atoms with Gasteiger partial charge >= 0.3 is 0 Å². The molecule has 0 aliphatic carbocycles. The number of nitrogens with one attached hydrogen (secondary N) is 1. The Kier molecular flexibility index (Phi) is 5.88. The number of hydrazone groups is 1. The molecule has 0 aliphatic heterocycles. The highest BCUT2D eigenvalue weighted by molar-refractivity contribution is 6.31. The number of hydrogen-bond acceptors (Lipinski definition) is 4. The van der Waals surface area contributed by atoms with Crippen LogP contribution in [0.5, 0.6) is 5.75 Å². The predicted molar refractivity (Wildman–Crippen MR) is 105 cm³/mol. The number of hydrogen-bond donors (Lipinski definition) is 1. The third kappa shape index (κ3) is 5.18. The van der Waals surface area contributed by atoms with Crippen LogP contribution in [0.15, 0.2) is 60.0 Å².